The van der Waals surface area contributed by atoms with Crippen LogP contribution in [0.15, 0.2) is 0 Å². The molecule has 3 heteroatoms. The molecule has 0 spiro atoms. The molecular formula is C15H33N3. The van der Waals surface area contributed by atoms with E-state index in [1.807, 2.05) is 0 Å². The third-order valence-corrected chi connectivity index (χ3v) is 3.41. The molecule has 0 aromatic rings. The Morgan fingerprint density at radius 3 is 0.944 bits per heavy atom. The first-order valence-corrected chi connectivity index (χ1v) is 7.65. The Kier molecular flexibility index (Phi) is 6.61. The van der Waals surface area contributed by atoms with Gasteiger partial charge >= 0.3 is 0 Å². The van der Waals surface area contributed by atoms with Crippen LogP contribution >= 0.6 is 0 Å². The standard InChI is InChI=1S/C15H33N3/c1-10(2)16-13-7-14(17-11(3)4)9-15(8-13)18-12(5)6/h10-18H,7-9H2,1-6H3. The minimum atomic E-state index is 0.576. The van der Waals surface area contributed by atoms with Crippen molar-refractivity contribution in [3.63, 3.8) is 0 Å². The summed E-state index contributed by atoms with van der Waals surface area (Å²) in [5.41, 5.74) is 0. The molecule has 0 atom stereocenters. The Balaban J connectivity index is 2.54. The van der Waals surface area contributed by atoms with Gasteiger partial charge in [0, 0.05) is 36.3 Å². The predicted octanol–water partition coefficient (Wildman–Crippen LogP) is 2.27. The quantitative estimate of drug-likeness (QED) is 0.681. The van der Waals surface area contributed by atoms with Crippen LogP contribution in [0.5, 0.6) is 0 Å². The van der Waals surface area contributed by atoms with Crippen molar-refractivity contribution in [1.29, 1.82) is 0 Å². The van der Waals surface area contributed by atoms with Gasteiger partial charge in [0.05, 0.1) is 0 Å². The average molecular weight is 255 g/mol. The van der Waals surface area contributed by atoms with Gasteiger partial charge in [-0.2, -0.15) is 0 Å². The zero-order valence-electron chi connectivity index (χ0n) is 13.1. The van der Waals surface area contributed by atoms with E-state index in [2.05, 4.69) is 57.5 Å². The Labute approximate surface area is 113 Å². The van der Waals surface area contributed by atoms with Crippen molar-refractivity contribution in [2.45, 2.75) is 97.1 Å². The van der Waals surface area contributed by atoms with Crippen LogP contribution in [0.4, 0.5) is 0 Å². The molecule has 0 bridgehead atoms. The lowest BCUT2D eigenvalue weighted by Crippen LogP contribution is -2.53. The van der Waals surface area contributed by atoms with Crippen LogP contribution in [0.3, 0.4) is 0 Å². The van der Waals surface area contributed by atoms with E-state index in [0.717, 1.165) is 0 Å². The zero-order chi connectivity index (χ0) is 13.7. The Morgan fingerprint density at radius 2 is 0.778 bits per heavy atom. The van der Waals surface area contributed by atoms with E-state index >= 15 is 0 Å². The van der Waals surface area contributed by atoms with Crippen LogP contribution in [0.1, 0.15) is 60.8 Å². The van der Waals surface area contributed by atoms with Gasteiger partial charge < -0.3 is 16.0 Å². The SMILES string of the molecule is CC(C)NC1CC(NC(C)C)CC(NC(C)C)C1. The molecular weight excluding hydrogens is 222 g/mol. The van der Waals surface area contributed by atoms with Gasteiger partial charge in [-0.1, -0.05) is 41.5 Å². The van der Waals surface area contributed by atoms with Crippen LogP contribution in [-0.4, -0.2) is 36.3 Å². The molecule has 1 fully saturated rings. The van der Waals surface area contributed by atoms with Gasteiger partial charge in [0.2, 0.25) is 0 Å². The molecule has 0 aromatic heterocycles. The largest absolute Gasteiger partial charge is 0.312 e. The highest BCUT2D eigenvalue weighted by atomic mass is 15.0. The van der Waals surface area contributed by atoms with Gasteiger partial charge in [0.15, 0.2) is 0 Å². The lowest BCUT2D eigenvalue weighted by molar-refractivity contribution is 0.227. The first-order valence-electron chi connectivity index (χ1n) is 7.65. The Bertz CT molecular complexity index is 182. The second-order valence-corrected chi connectivity index (χ2v) is 6.76. The highest BCUT2D eigenvalue weighted by Crippen LogP contribution is 2.21. The van der Waals surface area contributed by atoms with E-state index in [-0.39, 0.29) is 0 Å². The minimum absolute atomic E-state index is 0.576. The van der Waals surface area contributed by atoms with Crippen molar-refractivity contribution in [2.75, 3.05) is 0 Å². The number of hydrogen-bond acceptors (Lipinski definition) is 3. The van der Waals surface area contributed by atoms with Crippen molar-refractivity contribution >= 4 is 0 Å². The molecule has 0 aliphatic heterocycles. The minimum Gasteiger partial charge on any atom is -0.312 e. The van der Waals surface area contributed by atoms with Gasteiger partial charge in [-0.25, -0.2) is 0 Å². The summed E-state index contributed by atoms with van der Waals surface area (Å²) in [6, 6.07) is 3.66. The second kappa shape index (κ2) is 7.46. The van der Waals surface area contributed by atoms with Gasteiger partial charge in [0.1, 0.15) is 0 Å². The van der Waals surface area contributed by atoms with E-state index in [0.29, 0.717) is 36.3 Å². The van der Waals surface area contributed by atoms with Gasteiger partial charge in [-0.05, 0) is 19.3 Å². The van der Waals surface area contributed by atoms with E-state index in [1.54, 1.807) is 0 Å². The molecule has 0 aromatic carbocycles. The first kappa shape index (κ1) is 15.9. The number of rotatable bonds is 6. The second-order valence-electron chi connectivity index (χ2n) is 6.76. The van der Waals surface area contributed by atoms with Crippen molar-refractivity contribution in [1.82, 2.24) is 16.0 Å². The molecule has 1 aliphatic rings. The smallest absolute Gasteiger partial charge is 0.00990 e. The van der Waals surface area contributed by atoms with Crippen LogP contribution in [0.25, 0.3) is 0 Å². The molecule has 1 aliphatic carbocycles. The number of hydrogen-bond donors (Lipinski definition) is 3. The molecule has 108 valence electrons. The normalized spacial score (nSPS) is 29.5. The van der Waals surface area contributed by atoms with Crippen LogP contribution in [0, 0.1) is 0 Å². The molecule has 3 N–H and O–H groups in total. The van der Waals surface area contributed by atoms with Crippen LogP contribution in [0.2, 0.25) is 0 Å². The maximum absolute atomic E-state index is 3.71. The summed E-state index contributed by atoms with van der Waals surface area (Å²) < 4.78 is 0. The summed E-state index contributed by atoms with van der Waals surface area (Å²) in [5, 5.41) is 11.1. The lowest BCUT2D eigenvalue weighted by atomic mass is 9.86. The zero-order valence-corrected chi connectivity index (χ0v) is 13.1. The molecule has 0 amide bonds. The molecule has 1 saturated carbocycles. The summed E-state index contributed by atoms with van der Waals surface area (Å²) in [4.78, 5) is 0. The summed E-state index contributed by atoms with van der Waals surface area (Å²) in [7, 11) is 0. The summed E-state index contributed by atoms with van der Waals surface area (Å²) in [6.07, 6.45) is 3.77. The van der Waals surface area contributed by atoms with Gasteiger partial charge in [-0.3, -0.25) is 0 Å². The van der Waals surface area contributed by atoms with E-state index in [4.69, 9.17) is 0 Å². The molecule has 0 heterocycles. The lowest BCUT2D eigenvalue weighted by Gasteiger charge is -2.38. The maximum atomic E-state index is 3.71. The van der Waals surface area contributed by atoms with Gasteiger partial charge in [-0.15, -0.1) is 0 Å². The topological polar surface area (TPSA) is 36.1 Å². The third kappa shape index (κ3) is 6.17. The van der Waals surface area contributed by atoms with Gasteiger partial charge in [0.25, 0.3) is 0 Å². The van der Waals surface area contributed by atoms with Crippen molar-refractivity contribution in [3.8, 4) is 0 Å². The summed E-state index contributed by atoms with van der Waals surface area (Å²) in [6.45, 7) is 13.4. The summed E-state index contributed by atoms with van der Waals surface area (Å²) in [5.74, 6) is 0. The molecule has 0 saturated heterocycles. The fraction of sp³-hybridized carbons (Fsp3) is 1.00. The van der Waals surface area contributed by atoms with Crippen molar-refractivity contribution in [2.24, 2.45) is 0 Å². The molecule has 0 unspecified atom stereocenters. The maximum Gasteiger partial charge on any atom is 0.00990 e. The molecule has 3 nitrogen and oxygen atoms in total. The van der Waals surface area contributed by atoms with E-state index in [9.17, 15) is 0 Å². The fourth-order valence-electron chi connectivity index (χ4n) is 3.14. The number of nitrogens with one attached hydrogen (secondary N) is 3. The Hall–Kier alpha value is -0.120. The van der Waals surface area contributed by atoms with E-state index in [1.165, 1.54) is 19.3 Å². The first-order chi connectivity index (χ1) is 8.36. The van der Waals surface area contributed by atoms with Crippen LogP contribution in [-0.2, 0) is 0 Å². The third-order valence-electron chi connectivity index (χ3n) is 3.41. The summed E-state index contributed by atoms with van der Waals surface area (Å²) >= 11 is 0. The molecule has 0 radical (unpaired) electrons. The van der Waals surface area contributed by atoms with Crippen LogP contribution < -0.4 is 16.0 Å². The molecule has 18 heavy (non-hydrogen) atoms. The predicted molar refractivity (Wildman–Crippen MR) is 80.0 cm³/mol. The Morgan fingerprint density at radius 1 is 0.556 bits per heavy atom. The van der Waals surface area contributed by atoms with Crippen molar-refractivity contribution < 1.29 is 0 Å². The fourth-order valence-corrected chi connectivity index (χ4v) is 3.14. The highest BCUT2D eigenvalue weighted by molar-refractivity contribution is 4.91. The average Bonchev–Trinajstić information content (AvgIpc) is 2.12. The monoisotopic (exact) mass is 255 g/mol. The van der Waals surface area contributed by atoms with Crippen molar-refractivity contribution in [3.05, 3.63) is 0 Å². The molecule has 1 rings (SSSR count). The highest BCUT2D eigenvalue weighted by Gasteiger charge is 2.29. The van der Waals surface area contributed by atoms with E-state index < -0.39 is 0 Å².